The van der Waals surface area contributed by atoms with Crippen LogP contribution >= 0.6 is 0 Å². The van der Waals surface area contributed by atoms with Crippen molar-refractivity contribution in [1.82, 2.24) is 9.21 Å². The van der Waals surface area contributed by atoms with Gasteiger partial charge < -0.3 is 5.32 Å². The van der Waals surface area contributed by atoms with Gasteiger partial charge in [0.1, 0.15) is 4.90 Å². The van der Waals surface area contributed by atoms with Crippen LogP contribution in [0.5, 0.6) is 0 Å². The average Bonchev–Trinajstić information content (AvgIpc) is 2.41. The first-order valence-electron chi connectivity index (χ1n) is 6.77. The number of likely N-dealkylation sites (N-methyl/N-ethyl adjacent to an activating group) is 1. The Morgan fingerprint density at radius 3 is 2.45 bits per heavy atom. The summed E-state index contributed by atoms with van der Waals surface area (Å²) in [7, 11) is 0.317. The summed E-state index contributed by atoms with van der Waals surface area (Å²) in [5.74, 6) is 0. The number of nitrogens with zero attached hydrogens (tertiary/aromatic N) is 2. The standard InChI is InChI=1S/C14H23N3O2S/c1-14(2)11-17(10-9-16(14)4)20(18,19)13-8-6-5-7-12(13)15-3/h5-8,15H,9-11H2,1-4H3. The van der Waals surface area contributed by atoms with Crippen LogP contribution in [0.1, 0.15) is 13.8 Å². The summed E-state index contributed by atoms with van der Waals surface area (Å²) < 4.78 is 27.2. The van der Waals surface area contributed by atoms with Crippen molar-refractivity contribution in [1.29, 1.82) is 0 Å². The van der Waals surface area contributed by atoms with Crippen LogP contribution in [0.25, 0.3) is 0 Å². The summed E-state index contributed by atoms with van der Waals surface area (Å²) in [6.45, 7) is 5.91. The third-order valence-corrected chi connectivity index (χ3v) is 5.96. The first kappa shape index (κ1) is 15.3. The number of hydrogen-bond acceptors (Lipinski definition) is 4. The summed E-state index contributed by atoms with van der Waals surface area (Å²) in [6, 6.07) is 7.04. The number of anilines is 1. The number of rotatable bonds is 3. The zero-order valence-corrected chi connectivity index (χ0v) is 13.4. The van der Waals surface area contributed by atoms with Crippen LogP contribution in [0.3, 0.4) is 0 Å². The molecule has 0 atom stereocenters. The molecule has 112 valence electrons. The van der Waals surface area contributed by atoms with Crippen LogP contribution in [0.15, 0.2) is 29.2 Å². The minimum Gasteiger partial charge on any atom is -0.387 e. The molecule has 2 rings (SSSR count). The van der Waals surface area contributed by atoms with E-state index in [0.717, 1.165) is 6.54 Å². The molecule has 1 heterocycles. The van der Waals surface area contributed by atoms with E-state index in [0.29, 0.717) is 23.7 Å². The minimum atomic E-state index is -3.46. The van der Waals surface area contributed by atoms with E-state index < -0.39 is 10.0 Å². The zero-order chi connectivity index (χ0) is 15.0. The molecule has 1 aromatic rings. The molecule has 0 aromatic heterocycles. The van der Waals surface area contributed by atoms with Gasteiger partial charge >= 0.3 is 0 Å². The largest absolute Gasteiger partial charge is 0.387 e. The fourth-order valence-corrected chi connectivity index (χ4v) is 4.22. The van der Waals surface area contributed by atoms with E-state index in [2.05, 4.69) is 24.1 Å². The molecule has 1 aliphatic heterocycles. The summed E-state index contributed by atoms with van der Waals surface area (Å²) in [5, 5.41) is 2.95. The van der Waals surface area contributed by atoms with Crippen molar-refractivity contribution in [3.8, 4) is 0 Å². The highest BCUT2D eigenvalue weighted by atomic mass is 32.2. The van der Waals surface area contributed by atoms with Gasteiger partial charge in [-0.15, -0.1) is 0 Å². The van der Waals surface area contributed by atoms with Gasteiger partial charge in [0.15, 0.2) is 0 Å². The lowest BCUT2D eigenvalue weighted by atomic mass is 10.0. The van der Waals surface area contributed by atoms with Crippen LogP contribution in [-0.2, 0) is 10.0 Å². The van der Waals surface area contributed by atoms with Gasteiger partial charge in [0, 0.05) is 32.2 Å². The molecule has 6 heteroatoms. The van der Waals surface area contributed by atoms with E-state index >= 15 is 0 Å². The molecular formula is C14H23N3O2S. The smallest absolute Gasteiger partial charge is 0.245 e. The van der Waals surface area contributed by atoms with Gasteiger partial charge in [-0.1, -0.05) is 12.1 Å². The highest BCUT2D eigenvalue weighted by Crippen LogP contribution is 2.28. The van der Waals surface area contributed by atoms with E-state index in [1.807, 2.05) is 13.1 Å². The number of hydrogen-bond donors (Lipinski definition) is 1. The van der Waals surface area contributed by atoms with Gasteiger partial charge in [0.2, 0.25) is 10.0 Å². The SMILES string of the molecule is CNc1ccccc1S(=O)(=O)N1CCN(C)C(C)(C)C1. The Kier molecular flexibility index (Phi) is 4.09. The zero-order valence-electron chi connectivity index (χ0n) is 12.5. The predicted molar refractivity (Wildman–Crippen MR) is 81.5 cm³/mol. The monoisotopic (exact) mass is 297 g/mol. The Balaban J connectivity index is 2.36. The third-order valence-electron chi connectivity index (χ3n) is 4.06. The van der Waals surface area contributed by atoms with Gasteiger partial charge in [-0.25, -0.2) is 8.42 Å². The van der Waals surface area contributed by atoms with Crippen molar-refractivity contribution in [3.63, 3.8) is 0 Å². The van der Waals surface area contributed by atoms with E-state index in [1.54, 1.807) is 29.6 Å². The molecule has 0 bridgehead atoms. The third kappa shape index (κ3) is 2.68. The van der Waals surface area contributed by atoms with Crippen molar-refractivity contribution in [2.45, 2.75) is 24.3 Å². The Hall–Kier alpha value is -1.11. The number of benzene rings is 1. The number of para-hydroxylation sites is 1. The van der Waals surface area contributed by atoms with Gasteiger partial charge in [-0.3, -0.25) is 4.90 Å². The van der Waals surface area contributed by atoms with Crippen molar-refractivity contribution >= 4 is 15.7 Å². The fraction of sp³-hybridized carbons (Fsp3) is 0.571. The van der Waals surface area contributed by atoms with Gasteiger partial charge in [0.25, 0.3) is 0 Å². The van der Waals surface area contributed by atoms with E-state index in [9.17, 15) is 8.42 Å². The van der Waals surface area contributed by atoms with Crippen molar-refractivity contribution in [3.05, 3.63) is 24.3 Å². The Bertz CT molecular complexity index is 584. The molecule has 1 saturated heterocycles. The second kappa shape index (κ2) is 5.35. The molecule has 1 N–H and O–H groups in total. The normalized spacial score (nSPS) is 20.8. The van der Waals surface area contributed by atoms with E-state index in [4.69, 9.17) is 0 Å². The predicted octanol–water partition coefficient (Wildman–Crippen LogP) is 1.44. The summed E-state index contributed by atoms with van der Waals surface area (Å²) in [6.07, 6.45) is 0. The number of piperazine rings is 1. The highest BCUT2D eigenvalue weighted by molar-refractivity contribution is 7.89. The van der Waals surface area contributed by atoms with E-state index in [-0.39, 0.29) is 5.54 Å². The molecule has 5 nitrogen and oxygen atoms in total. The molecule has 0 spiro atoms. The van der Waals surface area contributed by atoms with Crippen LogP contribution in [-0.4, -0.2) is 56.9 Å². The highest BCUT2D eigenvalue weighted by Gasteiger charge is 2.37. The molecule has 0 radical (unpaired) electrons. The van der Waals surface area contributed by atoms with Gasteiger partial charge in [-0.05, 0) is 33.0 Å². The lowest BCUT2D eigenvalue weighted by molar-refractivity contribution is 0.0802. The molecular weight excluding hydrogens is 274 g/mol. The van der Waals surface area contributed by atoms with Crippen molar-refractivity contribution in [2.75, 3.05) is 39.0 Å². The summed E-state index contributed by atoms with van der Waals surface area (Å²) in [5.41, 5.74) is 0.490. The topological polar surface area (TPSA) is 52.7 Å². The minimum absolute atomic E-state index is 0.153. The van der Waals surface area contributed by atoms with Crippen molar-refractivity contribution < 1.29 is 8.42 Å². The molecule has 1 aliphatic rings. The maximum atomic E-state index is 12.8. The molecule has 0 unspecified atom stereocenters. The first-order chi connectivity index (χ1) is 9.29. The van der Waals surface area contributed by atoms with Crippen LogP contribution in [0, 0.1) is 0 Å². The van der Waals surface area contributed by atoms with Crippen LogP contribution in [0.4, 0.5) is 5.69 Å². The fourth-order valence-electron chi connectivity index (χ4n) is 2.44. The molecule has 0 saturated carbocycles. The molecule has 0 aliphatic carbocycles. The molecule has 20 heavy (non-hydrogen) atoms. The van der Waals surface area contributed by atoms with Crippen molar-refractivity contribution in [2.24, 2.45) is 0 Å². The second-order valence-electron chi connectivity index (χ2n) is 5.82. The maximum absolute atomic E-state index is 12.8. The molecule has 1 aromatic carbocycles. The van der Waals surface area contributed by atoms with Crippen LogP contribution < -0.4 is 5.32 Å². The van der Waals surface area contributed by atoms with Crippen LogP contribution in [0.2, 0.25) is 0 Å². The maximum Gasteiger partial charge on any atom is 0.245 e. The average molecular weight is 297 g/mol. The lowest BCUT2D eigenvalue weighted by Gasteiger charge is -2.44. The Morgan fingerprint density at radius 1 is 1.20 bits per heavy atom. The van der Waals surface area contributed by atoms with E-state index in [1.165, 1.54) is 0 Å². The van der Waals surface area contributed by atoms with Gasteiger partial charge in [0.05, 0.1) is 5.69 Å². The lowest BCUT2D eigenvalue weighted by Crippen LogP contribution is -2.58. The number of sulfonamides is 1. The quantitative estimate of drug-likeness (QED) is 0.917. The first-order valence-corrected chi connectivity index (χ1v) is 8.21. The Labute approximate surface area is 121 Å². The summed E-state index contributed by atoms with van der Waals surface area (Å²) in [4.78, 5) is 2.55. The second-order valence-corrected chi connectivity index (χ2v) is 7.73. The summed E-state index contributed by atoms with van der Waals surface area (Å²) >= 11 is 0. The Morgan fingerprint density at radius 2 is 1.85 bits per heavy atom. The van der Waals surface area contributed by atoms with Gasteiger partial charge in [-0.2, -0.15) is 4.31 Å². The molecule has 0 amide bonds. The molecule has 1 fully saturated rings. The number of nitrogens with one attached hydrogen (secondary N) is 1.